The van der Waals surface area contributed by atoms with Crippen molar-refractivity contribution < 1.29 is 27.2 Å². The van der Waals surface area contributed by atoms with Gasteiger partial charge in [0.25, 0.3) is 0 Å². The third kappa shape index (κ3) is 5.48. The number of carbonyl (C=O) groups is 2. The maximum absolute atomic E-state index is 12.7. The van der Waals surface area contributed by atoms with Gasteiger partial charge in [-0.05, 0) is 42.5 Å². The number of benzene rings is 2. The third-order valence-electron chi connectivity index (χ3n) is 3.75. The van der Waals surface area contributed by atoms with Crippen molar-refractivity contribution in [2.75, 3.05) is 5.32 Å². The molecule has 0 bridgehead atoms. The molecule has 0 spiro atoms. The largest absolute Gasteiger partial charge is 0.455 e. The Morgan fingerprint density at radius 3 is 2.50 bits per heavy atom. The maximum Gasteiger partial charge on any atom is 0.416 e. The van der Waals surface area contributed by atoms with E-state index in [4.69, 9.17) is 16.0 Å². The number of nitrogens with zero attached hydrogens (tertiary/aromatic N) is 1. The first-order valence-electron chi connectivity index (χ1n) is 8.40. The number of nitrogens with one attached hydrogen (secondary N) is 2. The molecule has 2 N–H and O–H groups in total. The highest BCUT2D eigenvalue weighted by molar-refractivity contribution is 6.39. The number of amides is 2. The van der Waals surface area contributed by atoms with Crippen LogP contribution >= 0.6 is 11.6 Å². The molecule has 1 heterocycles. The van der Waals surface area contributed by atoms with E-state index in [-0.39, 0.29) is 5.69 Å². The first-order chi connectivity index (χ1) is 14.2. The van der Waals surface area contributed by atoms with E-state index in [0.717, 1.165) is 17.7 Å². The summed E-state index contributed by atoms with van der Waals surface area (Å²) in [5.41, 5.74) is 1.58. The second-order valence-corrected chi connectivity index (χ2v) is 6.38. The number of hydrogen-bond donors (Lipinski definition) is 2. The van der Waals surface area contributed by atoms with Crippen LogP contribution in [0, 0.1) is 0 Å². The van der Waals surface area contributed by atoms with Gasteiger partial charge in [-0.15, -0.1) is 0 Å². The van der Waals surface area contributed by atoms with E-state index in [1.54, 1.807) is 36.4 Å². The molecule has 0 radical (unpaired) electrons. The fourth-order valence-corrected chi connectivity index (χ4v) is 2.58. The normalized spacial score (nSPS) is 11.5. The van der Waals surface area contributed by atoms with Crippen LogP contribution in [0.5, 0.6) is 0 Å². The SMILES string of the molecule is O=C(NN=Cc1ccc(-c2cccc(Cl)c2)o1)C(=O)Nc1cccc(C(F)(F)F)c1. The van der Waals surface area contributed by atoms with E-state index in [0.29, 0.717) is 22.6 Å². The van der Waals surface area contributed by atoms with Crippen LogP contribution in [-0.4, -0.2) is 18.0 Å². The lowest BCUT2D eigenvalue weighted by molar-refractivity contribution is -0.137. The molecule has 2 aromatic carbocycles. The summed E-state index contributed by atoms with van der Waals surface area (Å²) in [4.78, 5) is 23.6. The van der Waals surface area contributed by atoms with Gasteiger partial charge >= 0.3 is 18.0 Å². The quantitative estimate of drug-likeness (QED) is 0.354. The van der Waals surface area contributed by atoms with Gasteiger partial charge in [-0.25, -0.2) is 5.43 Å². The zero-order chi connectivity index (χ0) is 21.7. The Morgan fingerprint density at radius 1 is 1.00 bits per heavy atom. The van der Waals surface area contributed by atoms with Crippen molar-refractivity contribution in [1.82, 2.24) is 5.43 Å². The van der Waals surface area contributed by atoms with Gasteiger partial charge in [0, 0.05) is 16.3 Å². The van der Waals surface area contributed by atoms with Crippen LogP contribution in [0.4, 0.5) is 18.9 Å². The number of rotatable bonds is 4. The zero-order valence-electron chi connectivity index (χ0n) is 15.0. The molecule has 0 aliphatic carbocycles. The van der Waals surface area contributed by atoms with Crippen molar-refractivity contribution in [1.29, 1.82) is 0 Å². The van der Waals surface area contributed by atoms with Crippen molar-refractivity contribution in [3.05, 3.63) is 77.0 Å². The minimum absolute atomic E-state index is 0.175. The van der Waals surface area contributed by atoms with Crippen LogP contribution in [0.15, 0.2) is 70.2 Å². The molecule has 6 nitrogen and oxygen atoms in total. The molecule has 30 heavy (non-hydrogen) atoms. The summed E-state index contributed by atoms with van der Waals surface area (Å²) in [5, 5.41) is 6.21. The highest BCUT2D eigenvalue weighted by atomic mass is 35.5. The minimum atomic E-state index is -4.57. The van der Waals surface area contributed by atoms with E-state index < -0.39 is 23.6 Å². The monoisotopic (exact) mass is 435 g/mol. The van der Waals surface area contributed by atoms with E-state index in [2.05, 4.69) is 10.4 Å². The predicted octanol–water partition coefficient (Wildman–Crippen LogP) is 4.71. The van der Waals surface area contributed by atoms with Gasteiger partial charge in [0.05, 0.1) is 11.8 Å². The van der Waals surface area contributed by atoms with Gasteiger partial charge in [0.1, 0.15) is 11.5 Å². The summed E-state index contributed by atoms with van der Waals surface area (Å²) >= 11 is 5.93. The van der Waals surface area contributed by atoms with E-state index in [1.165, 1.54) is 12.3 Å². The average molecular weight is 436 g/mol. The van der Waals surface area contributed by atoms with Gasteiger partial charge in [-0.3, -0.25) is 9.59 Å². The van der Waals surface area contributed by atoms with Crippen LogP contribution in [-0.2, 0) is 15.8 Å². The highest BCUT2D eigenvalue weighted by Crippen LogP contribution is 2.30. The summed E-state index contributed by atoms with van der Waals surface area (Å²) in [6.07, 6.45) is -3.40. The van der Waals surface area contributed by atoms with Crippen LogP contribution in [0.2, 0.25) is 5.02 Å². The van der Waals surface area contributed by atoms with Crippen LogP contribution in [0.1, 0.15) is 11.3 Å². The molecule has 0 saturated heterocycles. The van der Waals surface area contributed by atoms with Gasteiger partial charge in [0.2, 0.25) is 0 Å². The maximum atomic E-state index is 12.7. The number of hydrazone groups is 1. The lowest BCUT2D eigenvalue weighted by Gasteiger charge is -2.09. The first kappa shape index (κ1) is 21.1. The Morgan fingerprint density at radius 2 is 1.77 bits per heavy atom. The van der Waals surface area contributed by atoms with Gasteiger partial charge in [-0.2, -0.15) is 18.3 Å². The Labute approximate surface area is 173 Å². The topological polar surface area (TPSA) is 83.7 Å². The number of alkyl halides is 3. The fourth-order valence-electron chi connectivity index (χ4n) is 2.39. The molecule has 0 atom stereocenters. The third-order valence-corrected chi connectivity index (χ3v) is 3.98. The summed E-state index contributed by atoms with van der Waals surface area (Å²) < 4.78 is 43.6. The number of halogens is 4. The van der Waals surface area contributed by atoms with Crippen molar-refractivity contribution in [3.8, 4) is 11.3 Å². The van der Waals surface area contributed by atoms with Gasteiger partial charge in [0.15, 0.2) is 0 Å². The first-order valence-corrected chi connectivity index (χ1v) is 8.77. The molecular formula is C20H13ClF3N3O3. The molecule has 0 aliphatic heterocycles. The van der Waals surface area contributed by atoms with Crippen molar-refractivity contribution in [3.63, 3.8) is 0 Å². The second kappa shape index (κ2) is 8.83. The number of anilines is 1. The summed E-state index contributed by atoms with van der Waals surface area (Å²) in [6, 6.07) is 14.2. The minimum Gasteiger partial charge on any atom is -0.455 e. The standard InChI is InChI=1S/C20H13ClF3N3O3/c21-14-5-1-3-12(9-14)17-8-7-16(30-17)11-25-27-19(29)18(28)26-15-6-2-4-13(10-15)20(22,23)24/h1-11H,(H,26,28)(H,27,29). The Balaban J connectivity index is 1.58. The smallest absolute Gasteiger partial charge is 0.416 e. The molecule has 10 heteroatoms. The summed E-state index contributed by atoms with van der Waals surface area (Å²) in [6.45, 7) is 0. The second-order valence-electron chi connectivity index (χ2n) is 5.94. The predicted molar refractivity (Wildman–Crippen MR) is 105 cm³/mol. The molecule has 154 valence electrons. The molecule has 0 saturated carbocycles. The van der Waals surface area contributed by atoms with Crippen LogP contribution in [0.25, 0.3) is 11.3 Å². The number of furan rings is 1. The molecule has 3 aromatic rings. The van der Waals surface area contributed by atoms with E-state index in [1.807, 2.05) is 5.43 Å². The van der Waals surface area contributed by atoms with E-state index >= 15 is 0 Å². The zero-order valence-corrected chi connectivity index (χ0v) is 15.8. The summed E-state index contributed by atoms with van der Waals surface area (Å²) in [5.74, 6) is -1.52. The van der Waals surface area contributed by atoms with Gasteiger partial charge < -0.3 is 9.73 Å². The highest BCUT2D eigenvalue weighted by Gasteiger charge is 2.30. The van der Waals surface area contributed by atoms with E-state index in [9.17, 15) is 22.8 Å². The molecule has 3 rings (SSSR count). The van der Waals surface area contributed by atoms with Crippen molar-refractivity contribution >= 4 is 35.3 Å². The molecule has 0 unspecified atom stereocenters. The lowest BCUT2D eigenvalue weighted by Crippen LogP contribution is -2.32. The number of hydrogen-bond acceptors (Lipinski definition) is 4. The molecule has 0 aliphatic rings. The Hall–Kier alpha value is -3.59. The molecule has 2 amide bonds. The summed E-state index contributed by atoms with van der Waals surface area (Å²) in [7, 11) is 0. The fraction of sp³-hybridized carbons (Fsp3) is 0.0500. The molecule has 0 fully saturated rings. The number of carbonyl (C=O) groups excluding carboxylic acids is 2. The van der Waals surface area contributed by atoms with Crippen LogP contribution < -0.4 is 10.7 Å². The Bertz CT molecular complexity index is 1110. The van der Waals surface area contributed by atoms with Gasteiger partial charge in [-0.1, -0.05) is 29.8 Å². The average Bonchev–Trinajstić information content (AvgIpc) is 3.16. The van der Waals surface area contributed by atoms with Crippen molar-refractivity contribution in [2.24, 2.45) is 5.10 Å². The molecular weight excluding hydrogens is 423 g/mol. The van der Waals surface area contributed by atoms with Crippen molar-refractivity contribution in [2.45, 2.75) is 6.18 Å². The lowest BCUT2D eigenvalue weighted by atomic mass is 10.2. The molecule has 1 aromatic heterocycles. The Kier molecular flexibility index (Phi) is 6.22. The van der Waals surface area contributed by atoms with Crippen LogP contribution in [0.3, 0.4) is 0 Å².